The lowest BCUT2D eigenvalue weighted by Gasteiger charge is -2.14. The van der Waals surface area contributed by atoms with E-state index in [9.17, 15) is 18.0 Å². The van der Waals surface area contributed by atoms with E-state index in [1.54, 1.807) is 12.1 Å². The number of amides is 1. The standard InChI is InChI=1S/C17H16F3NO4/c1-23-9-10-25-15-6-4-12(17(18,19)20)11-14(15)21-16(22)7-5-13-3-2-8-24-13/h2-8,11H,9-10H2,1H3,(H,21,22). The number of halogens is 3. The Balaban J connectivity index is 2.17. The molecule has 2 aromatic rings. The highest BCUT2D eigenvalue weighted by Crippen LogP contribution is 2.35. The van der Waals surface area contributed by atoms with E-state index in [1.165, 1.54) is 19.4 Å². The molecule has 1 amide bonds. The van der Waals surface area contributed by atoms with Gasteiger partial charge in [0, 0.05) is 13.2 Å². The van der Waals surface area contributed by atoms with Gasteiger partial charge in [-0.05, 0) is 36.4 Å². The van der Waals surface area contributed by atoms with Crippen LogP contribution in [0.2, 0.25) is 0 Å². The summed E-state index contributed by atoms with van der Waals surface area (Å²) in [7, 11) is 1.47. The van der Waals surface area contributed by atoms with Crippen LogP contribution in [0.1, 0.15) is 11.3 Å². The molecule has 1 N–H and O–H groups in total. The highest BCUT2D eigenvalue weighted by Gasteiger charge is 2.31. The Morgan fingerprint density at radius 3 is 2.72 bits per heavy atom. The quantitative estimate of drug-likeness (QED) is 0.603. The van der Waals surface area contributed by atoms with Gasteiger partial charge < -0.3 is 19.2 Å². The normalized spacial score (nSPS) is 11.7. The third-order valence-electron chi connectivity index (χ3n) is 3.05. The summed E-state index contributed by atoms with van der Waals surface area (Å²) in [5, 5.41) is 2.38. The summed E-state index contributed by atoms with van der Waals surface area (Å²) in [4.78, 5) is 11.9. The minimum Gasteiger partial charge on any atom is -0.489 e. The van der Waals surface area contributed by atoms with Gasteiger partial charge >= 0.3 is 6.18 Å². The minimum atomic E-state index is -4.53. The molecule has 1 aromatic heterocycles. The maximum atomic E-state index is 12.9. The summed E-state index contributed by atoms with van der Waals surface area (Å²) in [6.45, 7) is 0.389. The number of ether oxygens (including phenoxy) is 2. The fourth-order valence-electron chi connectivity index (χ4n) is 1.88. The molecule has 0 unspecified atom stereocenters. The van der Waals surface area contributed by atoms with Crippen LogP contribution in [0.3, 0.4) is 0 Å². The number of methoxy groups -OCH3 is 1. The number of anilines is 1. The predicted octanol–water partition coefficient (Wildman–Crippen LogP) is 3.98. The smallest absolute Gasteiger partial charge is 0.416 e. The molecule has 0 atom stereocenters. The maximum absolute atomic E-state index is 12.9. The molecular weight excluding hydrogens is 339 g/mol. The number of furan rings is 1. The van der Waals surface area contributed by atoms with Crippen molar-refractivity contribution >= 4 is 17.7 Å². The number of carbonyl (C=O) groups is 1. The molecule has 25 heavy (non-hydrogen) atoms. The van der Waals surface area contributed by atoms with Crippen molar-refractivity contribution in [1.29, 1.82) is 0 Å². The number of carbonyl (C=O) groups excluding carboxylic acids is 1. The Morgan fingerprint density at radius 2 is 2.08 bits per heavy atom. The van der Waals surface area contributed by atoms with Crippen LogP contribution in [0, 0.1) is 0 Å². The molecule has 0 bridgehead atoms. The SMILES string of the molecule is COCCOc1ccc(C(F)(F)F)cc1NC(=O)C=Cc1ccco1. The summed E-state index contributed by atoms with van der Waals surface area (Å²) < 4.78 is 53.8. The molecule has 0 radical (unpaired) electrons. The van der Waals surface area contributed by atoms with Crippen molar-refractivity contribution in [2.24, 2.45) is 0 Å². The average Bonchev–Trinajstić information content (AvgIpc) is 3.07. The molecule has 8 heteroatoms. The van der Waals surface area contributed by atoms with Crippen molar-refractivity contribution < 1.29 is 31.9 Å². The number of hydrogen-bond acceptors (Lipinski definition) is 4. The first-order valence-electron chi connectivity index (χ1n) is 7.25. The Labute approximate surface area is 142 Å². The summed E-state index contributed by atoms with van der Waals surface area (Å²) >= 11 is 0. The Kier molecular flexibility index (Phi) is 6.24. The fourth-order valence-corrected chi connectivity index (χ4v) is 1.88. The second kappa shape index (κ2) is 8.39. The molecule has 0 aliphatic carbocycles. The monoisotopic (exact) mass is 355 g/mol. The van der Waals surface area contributed by atoms with E-state index in [2.05, 4.69) is 5.32 Å². The van der Waals surface area contributed by atoms with E-state index in [1.807, 2.05) is 0 Å². The zero-order valence-corrected chi connectivity index (χ0v) is 13.3. The number of benzene rings is 1. The topological polar surface area (TPSA) is 60.7 Å². The molecule has 5 nitrogen and oxygen atoms in total. The van der Waals surface area contributed by atoms with Crippen molar-refractivity contribution in [3.05, 3.63) is 54.0 Å². The highest BCUT2D eigenvalue weighted by molar-refractivity contribution is 6.02. The summed E-state index contributed by atoms with van der Waals surface area (Å²) in [5.74, 6) is -0.0622. The van der Waals surface area contributed by atoms with E-state index in [4.69, 9.17) is 13.9 Å². The van der Waals surface area contributed by atoms with Crippen molar-refractivity contribution in [3.8, 4) is 5.75 Å². The van der Waals surface area contributed by atoms with Gasteiger partial charge in [-0.1, -0.05) is 0 Å². The van der Waals surface area contributed by atoms with Gasteiger partial charge in [-0.3, -0.25) is 4.79 Å². The minimum absolute atomic E-state index is 0.0833. The van der Waals surface area contributed by atoms with E-state index in [0.717, 1.165) is 24.3 Å². The molecule has 0 aliphatic rings. The lowest BCUT2D eigenvalue weighted by atomic mass is 10.1. The number of hydrogen-bond donors (Lipinski definition) is 1. The van der Waals surface area contributed by atoms with Crippen molar-refractivity contribution in [2.45, 2.75) is 6.18 Å². The molecule has 1 aromatic carbocycles. The maximum Gasteiger partial charge on any atom is 0.416 e. The third-order valence-corrected chi connectivity index (χ3v) is 3.05. The van der Waals surface area contributed by atoms with E-state index in [0.29, 0.717) is 5.76 Å². The lowest BCUT2D eigenvalue weighted by Crippen LogP contribution is -2.13. The summed E-state index contributed by atoms with van der Waals surface area (Å²) in [6.07, 6.45) is -0.549. The van der Waals surface area contributed by atoms with Crippen molar-refractivity contribution in [1.82, 2.24) is 0 Å². The van der Waals surface area contributed by atoms with Gasteiger partial charge in [0.1, 0.15) is 18.1 Å². The fraction of sp³-hybridized carbons (Fsp3) is 0.235. The highest BCUT2D eigenvalue weighted by atomic mass is 19.4. The number of alkyl halides is 3. The summed E-state index contributed by atoms with van der Waals surface area (Å²) in [6, 6.07) is 6.14. The van der Waals surface area contributed by atoms with Crippen LogP contribution in [-0.2, 0) is 15.7 Å². The molecule has 134 valence electrons. The van der Waals surface area contributed by atoms with Crippen LogP contribution in [-0.4, -0.2) is 26.2 Å². The second-order valence-corrected chi connectivity index (χ2v) is 4.89. The Bertz CT molecular complexity index is 724. The first-order valence-corrected chi connectivity index (χ1v) is 7.25. The molecule has 1 heterocycles. The van der Waals surface area contributed by atoms with E-state index >= 15 is 0 Å². The van der Waals surface area contributed by atoms with Gasteiger partial charge in [0.05, 0.1) is 24.1 Å². The molecule has 0 saturated heterocycles. The average molecular weight is 355 g/mol. The lowest BCUT2D eigenvalue weighted by molar-refractivity contribution is -0.137. The first-order chi connectivity index (χ1) is 11.9. The molecule has 0 spiro atoms. The van der Waals surface area contributed by atoms with Crippen LogP contribution in [0.15, 0.2) is 47.1 Å². The van der Waals surface area contributed by atoms with Crippen LogP contribution < -0.4 is 10.1 Å². The van der Waals surface area contributed by atoms with Gasteiger partial charge in [-0.25, -0.2) is 0 Å². The Morgan fingerprint density at radius 1 is 1.28 bits per heavy atom. The molecule has 0 fully saturated rings. The second-order valence-electron chi connectivity index (χ2n) is 4.89. The van der Waals surface area contributed by atoms with Crippen LogP contribution in [0.4, 0.5) is 18.9 Å². The molecule has 0 saturated carbocycles. The van der Waals surface area contributed by atoms with Crippen LogP contribution >= 0.6 is 0 Å². The zero-order valence-electron chi connectivity index (χ0n) is 13.3. The molecular formula is C17H16F3NO4. The number of nitrogens with one attached hydrogen (secondary N) is 1. The molecule has 2 rings (SSSR count). The largest absolute Gasteiger partial charge is 0.489 e. The van der Waals surface area contributed by atoms with Crippen molar-refractivity contribution in [2.75, 3.05) is 25.6 Å². The van der Waals surface area contributed by atoms with Gasteiger partial charge in [-0.2, -0.15) is 13.2 Å². The Hall–Kier alpha value is -2.74. The van der Waals surface area contributed by atoms with Crippen molar-refractivity contribution in [3.63, 3.8) is 0 Å². The van der Waals surface area contributed by atoms with Gasteiger partial charge in [0.25, 0.3) is 0 Å². The predicted molar refractivity (Wildman–Crippen MR) is 85.2 cm³/mol. The van der Waals surface area contributed by atoms with Gasteiger partial charge in [-0.15, -0.1) is 0 Å². The number of rotatable bonds is 7. The van der Waals surface area contributed by atoms with Gasteiger partial charge in [0.2, 0.25) is 5.91 Å². The zero-order chi connectivity index (χ0) is 18.3. The van der Waals surface area contributed by atoms with E-state index in [-0.39, 0.29) is 24.7 Å². The van der Waals surface area contributed by atoms with E-state index < -0.39 is 17.6 Å². The first kappa shape index (κ1) is 18.6. The van der Waals surface area contributed by atoms with Gasteiger partial charge in [0.15, 0.2) is 0 Å². The van der Waals surface area contributed by atoms with Crippen LogP contribution in [0.5, 0.6) is 5.75 Å². The third kappa shape index (κ3) is 5.68. The summed E-state index contributed by atoms with van der Waals surface area (Å²) in [5.41, 5.74) is -0.975. The molecule has 0 aliphatic heterocycles. The van der Waals surface area contributed by atoms with Crippen LogP contribution in [0.25, 0.3) is 6.08 Å².